The van der Waals surface area contributed by atoms with Crippen molar-refractivity contribution < 1.29 is 9.59 Å². The SMILES string of the molecule is CC(=O)SCCC#Cc1ccc(C(C)=O)c(Cl)c1. The molecule has 18 heavy (non-hydrogen) atoms. The van der Waals surface area contributed by atoms with Gasteiger partial charge in [-0.05, 0) is 25.1 Å². The first-order valence-corrected chi connectivity index (χ1v) is 6.80. The summed E-state index contributed by atoms with van der Waals surface area (Å²) in [5, 5.41) is 0.526. The number of benzene rings is 1. The first-order chi connectivity index (χ1) is 8.50. The molecule has 0 unspecified atom stereocenters. The van der Waals surface area contributed by atoms with Crippen molar-refractivity contribution in [2.45, 2.75) is 20.3 Å². The minimum absolute atomic E-state index is 0.0580. The standard InChI is InChI=1S/C14H13ClO2S/c1-10(16)13-7-6-12(9-14(13)15)5-3-4-8-18-11(2)17/h6-7,9H,4,8H2,1-2H3. The maximum atomic E-state index is 11.2. The number of carbonyl (C=O) groups excluding carboxylic acids is 2. The van der Waals surface area contributed by atoms with E-state index >= 15 is 0 Å². The lowest BCUT2D eigenvalue weighted by molar-refractivity contribution is -0.109. The third-order valence-electron chi connectivity index (χ3n) is 2.11. The molecule has 0 atom stereocenters. The molecular formula is C14H13ClO2S. The van der Waals surface area contributed by atoms with E-state index in [4.69, 9.17) is 11.6 Å². The van der Waals surface area contributed by atoms with Gasteiger partial charge >= 0.3 is 0 Å². The molecule has 0 saturated carbocycles. The van der Waals surface area contributed by atoms with Crippen LogP contribution in [0.2, 0.25) is 5.02 Å². The van der Waals surface area contributed by atoms with E-state index in [1.165, 1.54) is 18.7 Å². The van der Waals surface area contributed by atoms with Gasteiger partial charge in [0.1, 0.15) is 0 Å². The molecule has 0 spiro atoms. The van der Waals surface area contributed by atoms with Crippen LogP contribution in [0.15, 0.2) is 18.2 Å². The fourth-order valence-electron chi connectivity index (χ4n) is 1.29. The Morgan fingerprint density at radius 3 is 2.61 bits per heavy atom. The largest absolute Gasteiger partial charge is 0.294 e. The fraction of sp³-hybridized carbons (Fsp3) is 0.286. The van der Waals surface area contributed by atoms with Crippen molar-refractivity contribution in [3.63, 3.8) is 0 Å². The van der Waals surface area contributed by atoms with Crippen molar-refractivity contribution in [3.8, 4) is 11.8 Å². The van der Waals surface area contributed by atoms with Gasteiger partial charge in [0.25, 0.3) is 0 Å². The average molecular weight is 281 g/mol. The zero-order chi connectivity index (χ0) is 13.5. The Hall–Kier alpha value is -1.24. The van der Waals surface area contributed by atoms with Gasteiger partial charge in [0, 0.05) is 30.2 Å². The Morgan fingerprint density at radius 2 is 2.06 bits per heavy atom. The van der Waals surface area contributed by atoms with Crippen LogP contribution >= 0.6 is 23.4 Å². The second kappa shape index (κ2) is 7.25. The summed E-state index contributed by atoms with van der Waals surface area (Å²) in [6.45, 7) is 3.02. The van der Waals surface area contributed by atoms with E-state index in [2.05, 4.69) is 11.8 Å². The van der Waals surface area contributed by atoms with Crippen LogP contribution in [0.1, 0.15) is 36.2 Å². The molecule has 0 heterocycles. The van der Waals surface area contributed by atoms with Gasteiger partial charge in [0.15, 0.2) is 10.9 Å². The number of hydrogen-bond donors (Lipinski definition) is 0. The maximum Gasteiger partial charge on any atom is 0.185 e. The Balaban J connectivity index is 2.64. The molecule has 0 amide bonds. The van der Waals surface area contributed by atoms with Crippen LogP contribution in [0, 0.1) is 11.8 Å². The minimum Gasteiger partial charge on any atom is -0.294 e. The molecule has 1 rings (SSSR count). The number of halogens is 1. The second-order valence-electron chi connectivity index (χ2n) is 3.64. The zero-order valence-electron chi connectivity index (χ0n) is 10.2. The van der Waals surface area contributed by atoms with Gasteiger partial charge in [-0.1, -0.05) is 35.2 Å². The van der Waals surface area contributed by atoms with Crippen molar-refractivity contribution in [2.24, 2.45) is 0 Å². The Labute approximate surface area is 116 Å². The molecule has 0 radical (unpaired) electrons. The monoisotopic (exact) mass is 280 g/mol. The molecule has 1 aromatic carbocycles. The van der Waals surface area contributed by atoms with Crippen LogP contribution in [-0.2, 0) is 4.79 Å². The van der Waals surface area contributed by atoms with Crippen LogP contribution in [0.25, 0.3) is 0 Å². The lowest BCUT2D eigenvalue weighted by Gasteiger charge is -1.99. The topological polar surface area (TPSA) is 34.1 Å². The summed E-state index contributed by atoms with van der Waals surface area (Å²) in [5.41, 5.74) is 1.28. The highest BCUT2D eigenvalue weighted by Crippen LogP contribution is 2.17. The Morgan fingerprint density at radius 1 is 1.33 bits per heavy atom. The number of rotatable bonds is 3. The first-order valence-electron chi connectivity index (χ1n) is 5.43. The molecule has 0 saturated heterocycles. The molecule has 0 fully saturated rings. The van der Waals surface area contributed by atoms with Crippen LogP contribution in [0.5, 0.6) is 0 Å². The summed E-state index contributed by atoms with van der Waals surface area (Å²) in [6, 6.07) is 5.14. The molecule has 2 nitrogen and oxygen atoms in total. The van der Waals surface area contributed by atoms with Crippen molar-refractivity contribution in [1.82, 2.24) is 0 Å². The summed E-state index contributed by atoms with van der Waals surface area (Å²) in [5.74, 6) is 6.56. The summed E-state index contributed by atoms with van der Waals surface area (Å²) >= 11 is 7.23. The van der Waals surface area contributed by atoms with Crippen LogP contribution < -0.4 is 0 Å². The third-order valence-corrected chi connectivity index (χ3v) is 3.24. The van der Waals surface area contributed by atoms with Crippen molar-refractivity contribution >= 4 is 34.3 Å². The van der Waals surface area contributed by atoms with E-state index in [9.17, 15) is 9.59 Å². The maximum absolute atomic E-state index is 11.2. The highest BCUT2D eigenvalue weighted by Gasteiger charge is 2.04. The van der Waals surface area contributed by atoms with E-state index in [0.717, 1.165) is 5.56 Å². The van der Waals surface area contributed by atoms with E-state index < -0.39 is 0 Å². The first kappa shape index (κ1) is 14.8. The highest BCUT2D eigenvalue weighted by molar-refractivity contribution is 8.13. The average Bonchev–Trinajstić information content (AvgIpc) is 2.27. The lowest BCUT2D eigenvalue weighted by atomic mass is 10.1. The number of thioether (sulfide) groups is 1. The van der Waals surface area contributed by atoms with Gasteiger partial charge in [0.05, 0.1) is 5.02 Å². The minimum atomic E-state index is -0.0580. The zero-order valence-corrected chi connectivity index (χ0v) is 11.8. The van der Waals surface area contributed by atoms with Crippen LogP contribution in [-0.4, -0.2) is 16.7 Å². The predicted molar refractivity (Wildman–Crippen MR) is 76.1 cm³/mol. The molecule has 0 aliphatic rings. The van der Waals surface area contributed by atoms with Crippen molar-refractivity contribution in [2.75, 3.05) is 5.75 Å². The lowest BCUT2D eigenvalue weighted by Crippen LogP contribution is -1.93. The molecule has 0 aliphatic heterocycles. The molecular weight excluding hydrogens is 268 g/mol. The number of Topliss-reactive ketones (excluding diaryl/α,β-unsaturated/α-hetero) is 1. The molecule has 4 heteroatoms. The van der Waals surface area contributed by atoms with Crippen LogP contribution in [0.3, 0.4) is 0 Å². The normalized spacial score (nSPS) is 9.50. The quantitative estimate of drug-likeness (QED) is 0.482. The Bertz CT molecular complexity index is 526. The van der Waals surface area contributed by atoms with E-state index in [1.807, 2.05) is 0 Å². The summed E-state index contributed by atoms with van der Waals surface area (Å²) < 4.78 is 0. The molecule has 0 N–H and O–H groups in total. The van der Waals surface area contributed by atoms with Gasteiger partial charge in [-0.25, -0.2) is 0 Å². The summed E-state index contributed by atoms with van der Waals surface area (Å²) in [4.78, 5) is 21.9. The third kappa shape index (κ3) is 4.95. The second-order valence-corrected chi connectivity index (χ2v) is 5.32. The van der Waals surface area contributed by atoms with Gasteiger partial charge < -0.3 is 0 Å². The molecule has 0 aliphatic carbocycles. The Kier molecular flexibility index (Phi) is 5.97. The molecule has 0 bridgehead atoms. The van der Waals surface area contributed by atoms with E-state index in [0.29, 0.717) is 22.8 Å². The highest BCUT2D eigenvalue weighted by atomic mass is 35.5. The van der Waals surface area contributed by atoms with Crippen LogP contribution in [0.4, 0.5) is 0 Å². The molecule has 0 aromatic heterocycles. The smallest absolute Gasteiger partial charge is 0.185 e. The fourth-order valence-corrected chi connectivity index (χ4v) is 2.09. The number of carbonyl (C=O) groups is 2. The summed E-state index contributed by atoms with van der Waals surface area (Å²) in [7, 11) is 0. The molecule has 1 aromatic rings. The molecule has 94 valence electrons. The van der Waals surface area contributed by atoms with E-state index in [-0.39, 0.29) is 10.9 Å². The van der Waals surface area contributed by atoms with Gasteiger partial charge in [-0.15, -0.1) is 0 Å². The number of hydrogen-bond acceptors (Lipinski definition) is 3. The van der Waals surface area contributed by atoms with Crippen molar-refractivity contribution in [1.29, 1.82) is 0 Å². The van der Waals surface area contributed by atoms with Gasteiger partial charge in [-0.3, -0.25) is 9.59 Å². The van der Waals surface area contributed by atoms with Crippen molar-refractivity contribution in [3.05, 3.63) is 34.3 Å². The summed E-state index contributed by atoms with van der Waals surface area (Å²) in [6.07, 6.45) is 0.649. The van der Waals surface area contributed by atoms with Gasteiger partial charge in [-0.2, -0.15) is 0 Å². The van der Waals surface area contributed by atoms with E-state index in [1.54, 1.807) is 25.1 Å². The number of ketones is 1. The van der Waals surface area contributed by atoms with Gasteiger partial charge in [0.2, 0.25) is 0 Å². The predicted octanol–water partition coefficient (Wildman–Crippen LogP) is 3.56.